The van der Waals surface area contributed by atoms with Crippen molar-refractivity contribution in [1.82, 2.24) is 0 Å². The van der Waals surface area contributed by atoms with Gasteiger partial charge in [-0.1, -0.05) is 41.5 Å². The van der Waals surface area contributed by atoms with Crippen LogP contribution in [-0.4, -0.2) is 30.7 Å². The van der Waals surface area contributed by atoms with Crippen LogP contribution in [0.1, 0.15) is 55.4 Å². The van der Waals surface area contributed by atoms with Gasteiger partial charge in [-0.05, 0) is 19.8 Å². The Morgan fingerprint density at radius 2 is 1.25 bits per heavy atom. The molecule has 0 aliphatic rings. The van der Waals surface area contributed by atoms with Crippen molar-refractivity contribution >= 4 is 0 Å². The molecule has 0 atom stereocenters. The fourth-order valence-electron chi connectivity index (χ4n) is 2.63. The Morgan fingerprint density at radius 3 is 1.50 bits per heavy atom. The molecule has 16 heavy (non-hydrogen) atoms. The first-order valence-electron chi connectivity index (χ1n) is 6.69. The van der Waals surface area contributed by atoms with Crippen LogP contribution in [0.5, 0.6) is 0 Å². The van der Waals surface area contributed by atoms with Crippen LogP contribution in [0.3, 0.4) is 0 Å². The van der Waals surface area contributed by atoms with Crippen LogP contribution in [-0.2, 0) is 0 Å². The van der Waals surface area contributed by atoms with E-state index in [1.807, 2.05) is 0 Å². The molecular weight excluding hydrogens is 194 g/mol. The van der Waals surface area contributed by atoms with Crippen LogP contribution in [0, 0.1) is 17.3 Å². The molecule has 0 aromatic carbocycles. The molecule has 0 aromatic rings. The van der Waals surface area contributed by atoms with Gasteiger partial charge in [0.2, 0.25) is 0 Å². The summed E-state index contributed by atoms with van der Waals surface area (Å²) in [7, 11) is 4.76. The van der Waals surface area contributed by atoms with Gasteiger partial charge in [-0.2, -0.15) is 0 Å². The lowest BCUT2D eigenvalue weighted by atomic mass is 9.65. The maximum atomic E-state index is 2.43. The molecule has 0 aliphatic heterocycles. The van der Waals surface area contributed by atoms with E-state index in [2.05, 4.69) is 69.5 Å². The summed E-state index contributed by atoms with van der Waals surface area (Å²) in [6.07, 6.45) is 0. The Labute approximate surface area is 104 Å². The van der Waals surface area contributed by atoms with Crippen molar-refractivity contribution in [1.29, 1.82) is 0 Å². The summed E-state index contributed by atoms with van der Waals surface area (Å²) in [5, 5.41) is 0. The SMILES string of the molecule is CC(C)C[N+](C)(C)C(C)(C)C(C)(C)C(C)C. The maximum Gasteiger partial charge on any atom is 0.0985 e. The van der Waals surface area contributed by atoms with Crippen LogP contribution < -0.4 is 0 Å². The lowest BCUT2D eigenvalue weighted by molar-refractivity contribution is -0.949. The van der Waals surface area contributed by atoms with Gasteiger partial charge >= 0.3 is 0 Å². The van der Waals surface area contributed by atoms with E-state index in [0.717, 1.165) is 10.4 Å². The summed E-state index contributed by atoms with van der Waals surface area (Å²) in [6, 6.07) is 0. The van der Waals surface area contributed by atoms with Crippen molar-refractivity contribution in [3.63, 3.8) is 0 Å². The Morgan fingerprint density at radius 1 is 0.875 bits per heavy atom. The zero-order valence-electron chi connectivity index (χ0n) is 13.3. The molecule has 0 spiro atoms. The molecule has 98 valence electrons. The van der Waals surface area contributed by atoms with E-state index in [9.17, 15) is 0 Å². The van der Waals surface area contributed by atoms with Crippen molar-refractivity contribution in [2.24, 2.45) is 17.3 Å². The van der Waals surface area contributed by atoms with Crippen LogP contribution in [0.15, 0.2) is 0 Å². The fourth-order valence-corrected chi connectivity index (χ4v) is 2.63. The minimum Gasteiger partial charge on any atom is -0.323 e. The Bertz CT molecular complexity index is 222. The maximum absolute atomic E-state index is 2.43. The fraction of sp³-hybridized carbons (Fsp3) is 1.00. The van der Waals surface area contributed by atoms with Crippen LogP contribution >= 0.6 is 0 Å². The third kappa shape index (κ3) is 2.80. The molecule has 0 fully saturated rings. The predicted octanol–water partition coefficient (Wildman–Crippen LogP) is 4.18. The summed E-state index contributed by atoms with van der Waals surface area (Å²) in [5.41, 5.74) is 0.622. The van der Waals surface area contributed by atoms with E-state index in [4.69, 9.17) is 0 Å². The molecule has 0 heterocycles. The quantitative estimate of drug-likeness (QED) is 0.619. The number of quaternary nitrogens is 1. The monoisotopic (exact) mass is 228 g/mol. The van der Waals surface area contributed by atoms with E-state index in [0.29, 0.717) is 11.3 Å². The van der Waals surface area contributed by atoms with Gasteiger partial charge in [0.1, 0.15) is 0 Å². The molecule has 0 bridgehead atoms. The average Bonchev–Trinajstić information content (AvgIpc) is 2.00. The number of nitrogens with zero attached hydrogens (tertiary/aromatic N) is 1. The van der Waals surface area contributed by atoms with Gasteiger partial charge in [-0.25, -0.2) is 0 Å². The van der Waals surface area contributed by atoms with E-state index in [-0.39, 0.29) is 5.54 Å². The summed E-state index contributed by atoms with van der Waals surface area (Å²) in [4.78, 5) is 0. The van der Waals surface area contributed by atoms with Gasteiger partial charge in [0.15, 0.2) is 0 Å². The third-order valence-corrected chi connectivity index (χ3v) is 5.36. The third-order valence-electron chi connectivity index (χ3n) is 5.36. The molecule has 0 saturated heterocycles. The van der Waals surface area contributed by atoms with Gasteiger partial charge in [0.05, 0.1) is 26.2 Å². The lowest BCUT2D eigenvalue weighted by Gasteiger charge is -2.55. The Balaban J connectivity index is 5.17. The van der Waals surface area contributed by atoms with Crippen LogP contribution in [0.2, 0.25) is 0 Å². The standard InChI is InChI=1S/C15H34N/c1-12(2)11-16(9,10)15(7,8)14(5,6)13(3)4/h12-13H,11H2,1-10H3/q+1. The first-order chi connectivity index (χ1) is 6.86. The van der Waals surface area contributed by atoms with Gasteiger partial charge < -0.3 is 4.48 Å². The largest absolute Gasteiger partial charge is 0.323 e. The topological polar surface area (TPSA) is 0 Å². The highest BCUT2D eigenvalue weighted by Gasteiger charge is 2.50. The van der Waals surface area contributed by atoms with Crippen molar-refractivity contribution in [2.45, 2.75) is 60.9 Å². The number of hydrogen-bond donors (Lipinski definition) is 0. The summed E-state index contributed by atoms with van der Waals surface area (Å²) in [5.74, 6) is 1.45. The lowest BCUT2D eigenvalue weighted by Crippen LogP contribution is -2.65. The Hall–Kier alpha value is -0.0400. The first-order valence-corrected chi connectivity index (χ1v) is 6.69. The minimum absolute atomic E-state index is 0.283. The van der Waals surface area contributed by atoms with E-state index in [1.54, 1.807) is 0 Å². The van der Waals surface area contributed by atoms with Crippen molar-refractivity contribution in [2.75, 3.05) is 20.6 Å². The highest BCUT2D eigenvalue weighted by atomic mass is 15.4. The molecule has 0 saturated carbocycles. The molecular formula is C15H34N+. The highest BCUT2D eigenvalue weighted by molar-refractivity contribution is 4.90. The molecule has 1 heteroatoms. The number of hydrogen-bond acceptors (Lipinski definition) is 0. The van der Waals surface area contributed by atoms with Gasteiger partial charge in [0.25, 0.3) is 0 Å². The summed E-state index contributed by atoms with van der Waals surface area (Å²) < 4.78 is 1.09. The molecule has 0 rings (SSSR count). The molecule has 0 radical (unpaired) electrons. The van der Waals surface area contributed by atoms with Gasteiger partial charge in [-0.15, -0.1) is 0 Å². The summed E-state index contributed by atoms with van der Waals surface area (Å²) in [6.45, 7) is 20.2. The predicted molar refractivity (Wildman–Crippen MR) is 74.5 cm³/mol. The van der Waals surface area contributed by atoms with Gasteiger partial charge in [0, 0.05) is 11.3 Å². The molecule has 0 aromatic heterocycles. The Kier molecular flexibility index (Phi) is 4.67. The van der Waals surface area contributed by atoms with Crippen molar-refractivity contribution in [3.05, 3.63) is 0 Å². The van der Waals surface area contributed by atoms with E-state index >= 15 is 0 Å². The highest BCUT2D eigenvalue weighted by Crippen LogP contribution is 2.44. The van der Waals surface area contributed by atoms with Crippen LogP contribution in [0.25, 0.3) is 0 Å². The molecule has 1 nitrogen and oxygen atoms in total. The zero-order valence-corrected chi connectivity index (χ0v) is 13.3. The molecule has 0 aliphatic carbocycles. The second-order valence-corrected chi connectivity index (χ2v) is 7.70. The molecule has 0 N–H and O–H groups in total. The second-order valence-electron chi connectivity index (χ2n) is 7.70. The zero-order chi connectivity index (χ0) is 13.4. The average molecular weight is 228 g/mol. The van der Waals surface area contributed by atoms with Crippen molar-refractivity contribution < 1.29 is 4.48 Å². The van der Waals surface area contributed by atoms with Crippen LogP contribution in [0.4, 0.5) is 0 Å². The first kappa shape index (κ1) is 16.0. The minimum atomic E-state index is 0.283. The second kappa shape index (κ2) is 4.68. The molecule has 0 amide bonds. The summed E-state index contributed by atoms with van der Waals surface area (Å²) >= 11 is 0. The number of rotatable bonds is 5. The smallest absolute Gasteiger partial charge is 0.0985 e. The molecule has 0 unspecified atom stereocenters. The van der Waals surface area contributed by atoms with Crippen molar-refractivity contribution in [3.8, 4) is 0 Å². The normalized spacial score (nSPS) is 15.0. The van der Waals surface area contributed by atoms with Gasteiger partial charge in [-0.3, -0.25) is 0 Å². The van der Waals surface area contributed by atoms with E-state index in [1.165, 1.54) is 6.54 Å². The van der Waals surface area contributed by atoms with E-state index < -0.39 is 0 Å².